The summed E-state index contributed by atoms with van der Waals surface area (Å²) in [5.74, 6) is 1.79. The number of halogens is 1. The number of rotatable bonds is 7. The average molecular weight is 526 g/mol. The second-order valence-electron chi connectivity index (χ2n) is 11.0. The van der Waals surface area contributed by atoms with Crippen LogP contribution < -0.4 is 9.64 Å². The number of hydrogen-bond donors (Lipinski definition) is 2. The van der Waals surface area contributed by atoms with Crippen LogP contribution in [-0.4, -0.2) is 69.4 Å². The molecule has 9 heteroatoms. The van der Waals surface area contributed by atoms with E-state index in [2.05, 4.69) is 49.0 Å². The largest absolute Gasteiger partial charge is 0.486 e. The molecule has 6 heterocycles. The number of hydrogen-bond acceptors (Lipinski definition) is 6. The minimum atomic E-state index is -0.253. The minimum Gasteiger partial charge on any atom is -0.486 e. The highest BCUT2D eigenvalue weighted by atomic mass is 19.1. The summed E-state index contributed by atoms with van der Waals surface area (Å²) in [6, 6.07) is 14.3. The molecule has 200 valence electrons. The van der Waals surface area contributed by atoms with Crippen molar-refractivity contribution in [2.24, 2.45) is 5.41 Å². The van der Waals surface area contributed by atoms with Gasteiger partial charge in [-0.1, -0.05) is 0 Å². The highest BCUT2D eigenvalue weighted by Gasteiger charge is 2.45. The fourth-order valence-electron chi connectivity index (χ4n) is 6.22. The maximum atomic E-state index is 12.7. The van der Waals surface area contributed by atoms with Crippen molar-refractivity contribution in [1.82, 2.24) is 30.0 Å². The van der Waals surface area contributed by atoms with Gasteiger partial charge in [0.05, 0.1) is 5.52 Å². The highest BCUT2D eigenvalue weighted by Crippen LogP contribution is 2.42. The Hall–Kier alpha value is -3.98. The lowest BCUT2D eigenvalue weighted by Gasteiger charge is -2.54. The third-order valence-electron chi connectivity index (χ3n) is 8.49. The number of alkyl halides is 1. The van der Waals surface area contributed by atoms with Crippen molar-refractivity contribution >= 4 is 27.8 Å². The number of nitrogens with zero attached hydrogens (tertiary/aromatic N) is 5. The smallest absolute Gasteiger partial charge is 0.137 e. The summed E-state index contributed by atoms with van der Waals surface area (Å²) in [5.41, 5.74) is 5.09. The van der Waals surface area contributed by atoms with Gasteiger partial charge in [-0.15, -0.1) is 0 Å². The van der Waals surface area contributed by atoms with Crippen molar-refractivity contribution in [3.63, 3.8) is 0 Å². The van der Waals surface area contributed by atoms with Crippen LogP contribution in [0.25, 0.3) is 33.2 Å². The summed E-state index contributed by atoms with van der Waals surface area (Å²) in [7, 11) is 0. The molecule has 7 rings (SSSR count). The number of aromatic amines is 2. The molecule has 5 aromatic rings. The Morgan fingerprint density at radius 2 is 1.92 bits per heavy atom. The maximum absolute atomic E-state index is 12.7. The minimum absolute atomic E-state index is 0.143. The first-order valence-electron chi connectivity index (χ1n) is 13.7. The van der Waals surface area contributed by atoms with Gasteiger partial charge in [0.15, 0.2) is 0 Å². The second kappa shape index (κ2) is 9.64. The highest BCUT2D eigenvalue weighted by molar-refractivity contribution is 5.93. The summed E-state index contributed by atoms with van der Waals surface area (Å²) in [6.07, 6.45) is 7.75. The molecule has 8 nitrogen and oxygen atoms in total. The van der Waals surface area contributed by atoms with E-state index in [1.165, 1.54) is 0 Å². The number of piperidine rings is 1. The zero-order valence-corrected chi connectivity index (χ0v) is 22.0. The predicted octanol–water partition coefficient (Wildman–Crippen LogP) is 5.51. The summed E-state index contributed by atoms with van der Waals surface area (Å²) in [5, 5.41) is 9.81. The number of aromatic nitrogens is 5. The van der Waals surface area contributed by atoms with E-state index in [-0.39, 0.29) is 12.8 Å². The Bertz CT molecular complexity index is 1590. The third kappa shape index (κ3) is 4.40. The van der Waals surface area contributed by atoms with E-state index in [1.54, 1.807) is 6.20 Å². The van der Waals surface area contributed by atoms with Gasteiger partial charge in [0.25, 0.3) is 0 Å². The quantitative estimate of drug-likeness (QED) is 0.291. The Kier molecular flexibility index (Phi) is 5.96. The average Bonchev–Trinajstić information content (AvgIpc) is 3.60. The van der Waals surface area contributed by atoms with E-state index in [4.69, 9.17) is 9.72 Å². The third-order valence-corrected chi connectivity index (χ3v) is 8.49. The Balaban J connectivity index is 1.06. The maximum Gasteiger partial charge on any atom is 0.137 e. The van der Waals surface area contributed by atoms with Gasteiger partial charge in [-0.05, 0) is 75.3 Å². The van der Waals surface area contributed by atoms with Gasteiger partial charge < -0.3 is 19.5 Å². The monoisotopic (exact) mass is 525 g/mol. The number of likely N-dealkylation sites (tertiary alicyclic amines) is 1. The molecule has 2 aliphatic rings. The van der Waals surface area contributed by atoms with Gasteiger partial charge in [-0.3, -0.25) is 5.10 Å². The summed E-state index contributed by atoms with van der Waals surface area (Å²) >= 11 is 0. The number of fused-ring (bicyclic) bond motifs is 2. The van der Waals surface area contributed by atoms with E-state index in [0.29, 0.717) is 12.0 Å². The van der Waals surface area contributed by atoms with Gasteiger partial charge >= 0.3 is 0 Å². The van der Waals surface area contributed by atoms with Crippen LogP contribution in [0, 0.1) is 5.41 Å². The first-order valence-corrected chi connectivity index (χ1v) is 13.7. The van der Waals surface area contributed by atoms with E-state index >= 15 is 0 Å². The zero-order chi connectivity index (χ0) is 26.4. The molecule has 1 unspecified atom stereocenters. The van der Waals surface area contributed by atoms with Gasteiger partial charge in [-0.2, -0.15) is 5.10 Å². The van der Waals surface area contributed by atoms with Gasteiger partial charge in [-0.25, -0.2) is 14.4 Å². The molecule has 0 aliphatic carbocycles. The van der Waals surface area contributed by atoms with Crippen LogP contribution in [0.1, 0.15) is 31.4 Å². The van der Waals surface area contributed by atoms with E-state index in [1.807, 2.05) is 42.7 Å². The lowest BCUT2D eigenvalue weighted by molar-refractivity contribution is 0.0726. The van der Waals surface area contributed by atoms with Crippen molar-refractivity contribution in [3.05, 3.63) is 66.6 Å². The number of pyridine rings is 2. The molecule has 1 aromatic carbocycles. The van der Waals surface area contributed by atoms with Crippen LogP contribution >= 0.6 is 0 Å². The Morgan fingerprint density at radius 3 is 2.72 bits per heavy atom. The van der Waals surface area contributed by atoms with Crippen molar-refractivity contribution < 1.29 is 9.13 Å². The lowest BCUT2D eigenvalue weighted by Crippen LogP contribution is -2.60. The first kappa shape index (κ1) is 24.1. The molecule has 39 heavy (non-hydrogen) atoms. The van der Waals surface area contributed by atoms with Crippen LogP contribution in [0.2, 0.25) is 0 Å². The molecule has 2 fully saturated rings. The normalized spacial score (nSPS) is 18.1. The molecular weight excluding hydrogens is 493 g/mol. The van der Waals surface area contributed by atoms with Crippen molar-refractivity contribution in [2.75, 3.05) is 44.3 Å². The van der Waals surface area contributed by atoms with Crippen LogP contribution in [0.15, 0.2) is 61.1 Å². The van der Waals surface area contributed by atoms with Crippen LogP contribution in [0.4, 0.5) is 10.2 Å². The fourth-order valence-corrected chi connectivity index (χ4v) is 6.22. The molecule has 2 N–H and O–H groups in total. The number of anilines is 1. The Labute approximate surface area is 226 Å². The van der Waals surface area contributed by atoms with Crippen molar-refractivity contribution in [1.29, 1.82) is 0 Å². The lowest BCUT2D eigenvalue weighted by atomic mass is 9.72. The molecule has 2 aliphatic heterocycles. The topological polar surface area (TPSA) is 86.0 Å². The predicted molar refractivity (Wildman–Crippen MR) is 151 cm³/mol. The number of benzene rings is 1. The van der Waals surface area contributed by atoms with Gasteiger partial charge in [0.2, 0.25) is 0 Å². The fraction of sp³-hybridized carbons (Fsp3) is 0.367. The standard InChI is InChI=1S/C30H32FN7O/c1-20(23-6-11-32-29-24(23)7-12-33-29)39-22-3-4-26-25(16-22)28(36-35-26)21-2-5-27(34-17-21)38-18-30(19-38)8-13-37(14-9-30)15-10-31/h2-7,11-12,16-17,20H,8-10,13-15,18-19H2,1H3,(H,32,33)(H,35,36). The number of ether oxygens (including phenoxy) is 1. The molecule has 2 saturated heterocycles. The van der Waals surface area contributed by atoms with E-state index in [9.17, 15) is 4.39 Å². The molecule has 1 spiro atoms. The SMILES string of the molecule is CC(Oc1ccc2[nH]nc(-c3ccc(N4CC5(CCN(CCF)CC5)C4)nc3)c2c1)c1ccnc2[nH]ccc12. The molecule has 0 amide bonds. The van der Waals surface area contributed by atoms with Crippen LogP contribution in [0.5, 0.6) is 5.75 Å². The van der Waals surface area contributed by atoms with Crippen LogP contribution in [-0.2, 0) is 0 Å². The number of H-pyrrole nitrogens is 2. The zero-order valence-electron chi connectivity index (χ0n) is 22.0. The molecule has 0 bridgehead atoms. The van der Waals surface area contributed by atoms with E-state index < -0.39 is 0 Å². The molecule has 1 atom stereocenters. The molecule has 4 aromatic heterocycles. The first-order chi connectivity index (χ1) is 19.1. The van der Waals surface area contributed by atoms with Gasteiger partial charge in [0, 0.05) is 65.5 Å². The Morgan fingerprint density at radius 1 is 1.05 bits per heavy atom. The molecular formula is C30H32FN7O. The van der Waals surface area contributed by atoms with Gasteiger partial charge in [0.1, 0.15) is 35.7 Å². The van der Waals surface area contributed by atoms with Crippen molar-refractivity contribution in [3.8, 4) is 17.0 Å². The van der Waals surface area contributed by atoms with E-state index in [0.717, 1.165) is 89.3 Å². The number of nitrogens with one attached hydrogen (secondary N) is 2. The summed E-state index contributed by atoms with van der Waals surface area (Å²) < 4.78 is 19.0. The second-order valence-corrected chi connectivity index (χ2v) is 11.0. The molecule has 0 radical (unpaired) electrons. The summed E-state index contributed by atoms with van der Waals surface area (Å²) in [6.45, 7) is 6.42. The van der Waals surface area contributed by atoms with Crippen LogP contribution in [0.3, 0.4) is 0 Å². The molecule has 0 saturated carbocycles. The van der Waals surface area contributed by atoms with Crippen molar-refractivity contribution in [2.45, 2.75) is 25.9 Å². The summed E-state index contributed by atoms with van der Waals surface area (Å²) in [4.78, 5) is 16.9.